The monoisotopic (exact) mass is 327 g/mol. The molecule has 1 N–H and O–H groups in total. The summed E-state index contributed by atoms with van der Waals surface area (Å²) in [6.07, 6.45) is 0.195. The molecule has 0 saturated carbocycles. The molecule has 1 amide bonds. The molecule has 0 aliphatic carbocycles. The second-order valence-corrected chi connectivity index (χ2v) is 5.06. The zero-order valence-electron chi connectivity index (χ0n) is 13.4. The SMILES string of the molecule is COc1ccc(CC(=O)N/N=C(\C)c2ccc([N+](=O)[O-])cc2)cc1. The predicted molar refractivity (Wildman–Crippen MR) is 90.1 cm³/mol. The van der Waals surface area contributed by atoms with Gasteiger partial charge in [0.25, 0.3) is 5.69 Å². The molecular formula is C17H17N3O4. The van der Waals surface area contributed by atoms with Crippen LogP contribution in [0.5, 0.6) is 5.75 Å². The molecule has 0 fully saturated rings. The van der Waals surface area contributed by atoms with Gasteiger partial charge in [0.05, 0.1) is 24.2 Å². The summed E-state index contributed by atoms with van der Waals surface area (Å²) in [7, 11) is 1.58. The third kappa shape index (κ3) is 4.64. The molecule has 2 aromatic carbocycles. The lowest BCUT2D eigenvalue weighted by atomic mass is 10.1. The Bertz CT molecular complexity index is 752. The van der Waals surface area contributed by atoms with Gasteiger partial charge in [-0.05, 0) is 42.3 Å². The fourth-order valence-electron chi connectivity index (χ4n) is 2.00. The van der Waals surface area contributed by atoms with Crippen molar-refractivity contribution in [1.29, 1.82) is 0 Å². The third-order valence-electron chi connectivity index (χ3n) is 3.37. The maximum atomic E-state index is 11.9. The number of rotatable bonds is 6. The van der Waals surface area contributed by atoms with Gasteiger partial charge >= 0.3 is 0 Å². The van der Waals surface area contributed by atoms with E-state index in [2.05, 4.69) is 10.5 Å². The zero-order chi connectivity index (χ0) is 17.5. The molecular weight excluding hydrogens is 310 g/mol. The highest BCUT2D eigenvalue weighted by Gasteiger charge is 2.06. The maximum absolute atomic E-state index is 11.9. The van der Waals surface area contributed by atoms with E-state index in [0.29, 0.717) is 11.3 Å². The van der Waals surface area contributed by atoms with Gasteiger partial charge in [-0.3, -0.25) is 14.9 Å². The Hall–Kier alpha value is -3.22. The fraction of sp³-hybridized carbons (Fsp3) is 0.176. The summed E-state index contributed by atoms with van der Waals surface area (Å²) >= 11 is 0. The number of amides is 1. The van der Waals surface area contributed by atoms with Crippen LogP contribution in [0.25, 0.3) is 0 Å². The van der Waals surface area contributed by atoms with Crippen molar-refractivity contribution in [1.82, 2.24) is 5.43 Å². The first kappa shape index (κ1) is 17.1. The van der Waals surface area contributed by atoms with Crippen molar-refractivity contribution in [2.75, 3.05) is 7.11 Å². The van der Waals surface area contributed by atoms with Crippen molar-refractivity contribution in [3.63, 3.8) is 0 Å². The number of nitrogens with one attached hydrogen (secondary N) is 1. The molecule has 24 heavy (non-hydrogen) atoms. The Morgan fingerprint density at radius 2 is 1.79 bits per heavy atom. The van der Waals surface area contributed by atoms with Crippen molar-refractivity contribution in [2.24, 2.45) is 5.10 Å². The quantitative estimate of drug-likeness (QED) is 0.501. The average molecular weight is 327 g/mol. The van der Waals surface area contributed by atoms with E-state index in [4.69, 9.17) is 4.74 Å². The van der Waals surface area contributed by atoms with Crippen LogP contribution in [-0.4, -0.2) is 23.7 Å². The molecule has 0 spiro atoms. The molecule has 0 heterocycles. The van der Waals surface area contributed by atoms with Crippen LogP contribution >= 0.6 is 0 Å². The predicted octanol–water partition coefficient (Wildman–Crippen LogP) is 2.69. The van der Waals surface area contributed by atoms with Crippen LogP contribution in [0.4, 0.5) is 5.69 Å². The standard InChI is InChI=1S/C17H17N3O4/c1-12(14-5-7-15(8-6-14)20(22)23)18-19-17(21)11-13-3-9-16(24-2)10-4-13/h3-10H,11H2,1-2H3,(H,19,21)/b18-12+. The Morgan fingerprint density at radius 1 is 1.17 bits per heavy atom. The molecule has 7 heteroatoms. The third-order valence-corrected chi connectivity index (χ3v) is 3.37. The highest BCUT2D eigenvalue weighted by atomic mass is 16.6. The molecule has 0 unspecified atom stereocenters. The van der Waals surface area contributed by atoms with Crippen LogP contribution in [0.2, 0.25) is 0 Å². The van der Waals surface area contributed by atoms with Gasteiger partial charge in [0, 0.05) is 12.1 Å². The largest absolute Gasteiger partial charge is 0.497 e. The number of carbonyl (C=O) groups excluding carboxylic acids is 1. The molecule has 0 saturated heterocycles. The van der Waals surface area contributed by atoms with Gasteiger partial charge in [-0.1, -0.05) is 12.1 Å². The van der Waals surface area contributed by atoms with Gasteiger partial charge in [-0.15, -0.1) is 0 Å². The van der Waals surface area contributed by atoms with E-state index < -0.39 is 4.92 Å². The van der Waals surface area contributed by atoms with Crippen LogP contribution < -0.4 is 10.2 Å². The number of benzene rings is 2. The van der Waals surface area contributed by atoms with Crippen LogP contribution in [0, 0.1) is 10.1 Å². The highest BCUT2D eigenvalue weighted by molar-refractivity contribution is 5.99. The van der Waals surface area contributed by atoms with E-state index in [0.717, 1.165) is 11.3 Å². The van der Waals surface area contributed by atoms with Crippen LogP contribution in [0.1, 0.15) is 18.1 Å². The summed E-state index contributed by atoms with van der Waals surface area (Å²) in [5.74, 6) is 0.479. The first-order valence-corrected chi connectivity index (χ1v) is 7.20. The summed E-state index contributed by atoms with van der Waals surface area (Å²) in [6.45, 7) is 1.72. The number of nitro groups is 1. The number of non-ortho nitro benzene ring substituents is 1. The summed E-state index contributed by atoms with van der Waals surface area (Å²) in [4.78, 5) is 22.1. The normalized spacial score (nSPS) is 11.0. The van der Waals surface area contributed by atoms with Crippen molar-refractivity contribution < 1.29 is 14.5 Å². The van der Waals surface area contributed by atoms with E-state index in [-0.39, 0.29) is 18.0 Å². The smallest absolute Gasteiger partial charge is 0.269 e. The number of ether oxygens (including phenoxy) is 1. The van der Waals surface area contributed by atoms with Crippen molar-refractivity contribution in [2.45, 2.75) is 13.3 Å². The molecule has 7 nitrogen and oxygen atoms in total. The minimum Gasteiger partial charge on any atom is -0.497 e. The van der Waals surface area contributed by atoms with Gasteiger partial charge in [0.15, 0.2) is 0 Å². The van der Waals surface area contributed by atoms with Crippen molar-refractivity contribution in [3.05, 3.63) is 69.8 Å². The van der Waals surface area contributed by atoms with Gasteiger partial charge in [-0.25, -0.2) is 5.43 Å². The lowest BCUT2D eigenvalue weighted by Crippen LogP contribution is -2.21. The lowest BCUT2D eigenvalue weighted by molar-refractivity contribution is -0.384. The molecule has 0 radical (unpaired) electrons. The highest BCUT2D eigenvalue weighted by Crippen LogP contribution is 2.13. The number of carbonyl (C=O) groups is 1. The first-order chi connectivity index (χ1) is 11.5. The molecule has 2 rings (SSSR count). The second kappa shape index (κ2) is 7.87. The van der Waals surface area contributed by atoms with E-state index in [1.54, 1.807) is 38.3 Å². The minimum atomic E-state index is -0.465. The molecule has 0 aromatic heterocycles. The van der Waals surface area contributed by atoms with E-state index in [9.17, 15) is 14.9 Å². The number of nitrogens with zero attached hydrogens (tertiary/aromatic N) is 2. The van der Waals surface area contributed by atoms with Gasteiger partial charge in [0.2, 0.25) is 5.91 Å². The summed E-state index contributed by atoms with van der Waals surface area (Å²) in [5.41, 5.74) is 4.59. The molecule has 0 bridgehead atoms. The van der Waals surface area contributed by atoms with Crippen LogP contribution in [0.15, 0.2) is 53.6 Å². The van der Waals surface area contributed by atoms with Crippen LogP contribution in [0.3, 0.4) is 0 Å². The number of hydrazone groups is 1. The first-order valence-electron chi connectivity index (χ1n) is 7.20. The average Bonchev–Trinajstić information content (AvgIpc) is 2.60. The topological polar surface area (TPSA) is 93.8 Å². The maximum Gasteiger partial charge on any atom is 0.269 e. The van der Waals surface area contributed by atoms with E-state index in [1.165, 1.54) is 12.1 Å². The van der Waals surface area contributed by atoms with Crippen LogP contribution in [-0.2, 0) is 11.2 Å². The Morgan fingerprint density at radius 3 is 2.33 bits per heavy atom. The Balaban J connectivity index is 1.95. The number of hydrogen-bond donors (Lipinski definition) is 1. The van der Waals surface area contributed by atoms with Gasteiger partial charge in [-0.2, -0.15) is 5.10 Å². The molecule has 0 aliphatic heterocycles. The van der Waals surface area contributed by atoms with Gasteiger partial charge in [0.1, 0.15) is 5.75 Å². The minimum absolute atomic E-state index is 0.00934. The summed E-state index contributed by atoms with van der Waals surface area (Å²) in [6, 6.07) is 13.2. The summed E-state index contributed by atoms with van der Waals surface area (Å²) < 4.78 is 5.06. The van der Waals surface area contributed by atoms with Crippen molar-refractivity contribution >= 4 is 17.3 Å². The van der Waals surface area contributed by atoms with Gasteiger partial charge < -0.3 is 4.74 Å². The lowest BCUT2D eigenvalue weighted by Gasteiger charge is -2.04. The van der Waals surface area contributed by atoms with E-state index >= 15 is 0 Å². The molecule has 124 valence electrons. The number of nitro benzene ring substituents is 1. The molecule has 2 aromatic rings. The second-order valence-electron chi connectivity index (χ2n) is 5.06. The number of methoxy groups -OCH3 is 1. The Kier molecular flexibility index (Phi) is 5.62. The van der Waals surface area contributed by atoms with Crippen molar-refractivity contribution in [3.8, 4) is 5.75 Å². The fourth-order valence-corrected chi connectivity index (χ4v) is 2.00. The van der Waals surface area contributed by atoms with E-state index in [1.807, 2.05) is 12.1 Å². The molecule has 0 atom stereocenters. The Labute approximate surface area is 139 Å². The molecule has 0 aliphatic rings. The zero-order valence-corrected chi connectivity index (χ0v) is 13.4. The number of hydrogen-bond acceptors (Lipinski definition) is 5. The summed E-state index contributed by atoms with van der Waals surface area (Å²) in [5, 5.41) is 14.6.